The van der Waals surface area contributed by atoms with E-state index >= 15 is 0 Å². The molecule has 1 N–H and O–H groups in total. The molecule has 1 unspecified atom stereocenters. The van der Waals surface area contributed by atoms with Gasteiger partial charge in [-0.1, -0.05) is 13.8 Å². The standard InChI is InChI=1S/C10H20ClNO2S/c1-8(2)5-10(11)6-12-15(13,14)7-9-3-4-9/h8-10,12H,3-7H2,1-2H3. The lowest BCUT2D eigenvalue weighted by Crippen LogP contribution is -2.32. The Morgan fingerprint density at radius 2 is 2.00 bits per heavy atom. The van der Waals surface area contributed by atoms with Gasteiger partial charge in [0.05, 0.1) is 5.75 Å². The van der Waals surface area contributed by atoms with E-state index in [4.69, 9.17) is 11.6 Å². The van der Waals surface area contributed by atoms with Gasteiger partial charge in [0, 0.05) is 11.9 Å². The van der Waals surface area contributed by atoms with Crippen LogP contribution in [0.4, 0.5) is 0 Å². The molecular weight excluding hydrogens is 234 g/mol. The summed E-state index contributed by atoms with van der Waals surface area (Å²) in [7, 11) is -3.08. The zero-order valence-corrected chi connectivity index (χ0v) is 10.9. The van der Waals surface area contributed by atoms with Crippen molar-refractivity contribution < 1.29 is 8.42 Å². The van der Waals surface area contributed by atoms with E-state index < -0.39 is 10.0 Å². The van der Waals surface area contributed by atoms with Crippen LogP contribution in [0.1, 0.15) is 33.1 Å². The second-order valence-corrected chi connectivity index (χ2v) is 7.27. The summed E-state index contributed by atoms with van der Waals surface area (Å²) in [6.45, 7) is 4.51. The predicted octanol–water partition coefficient (Wildman–Crippen LogP) is 1.97. The molecule has 5 heteroatoms. The quantitative estimate of drug-likeness (QED) is 0.705. The molecule has 0 bridgehead atoms. The van der Waals surface area contributed by atoms with E-state index in [0.29, 0.717) is 18.4 Å². The van der Waals surface area contributed by atoms with Crippen LogP contribution in [0.3, 0.4) is 0 Å². The summed E-state index contributed by atoms with van der Waals surface area (Å²) in [6.07, 6.45) is 2.95. The van der Waals surface area contributed by atoms with Crippen molar-refractivity contribution in [2.45, 2.75) is 38.5 Å². The zero-order valence-electron chi connectivity index (χ0n) is 9.37. The van der Waals surface area contributed by atoms with E-state index in [2.05, 4.69) is 18.6 Å². The summed E-state index contributed by atoms with van der Waals surface area (Å²) in [5, 5.41) is -0.0982. The summed E-state index contributed by atoms with van der Waals surface area (Å²) >= 11 is 6.01. The molecule has 1 rings (SSSR count). The van der Waals surface area contributed by atoms with Crippen LogP contribution >= 0.6 is 11.6 Å². The Bertz CT molecular complexity index is 286. The highest BCUT2D eigenvalue weighted by Gasteiger charge is 2.28. The number of hydrogen-bond acceptors (Lipinski definition) is 2. The average molecular weight is 254 g/mol. The Morgan fingerprint density at radius 1 is 1.40 bits per heavy atom. The SMILES string of the molecule is CC(C)CC(Cl)CNS(=O)(=O)CC1CC1. The molecular formula is C10H20ClNO2S. The van der Waals surface area contributed by atoms with Gasteiger partial charge >= 0.3 is 0 Å². The third-order valence-electron chi connectivity index (χ3n) is 2.40. The van der Waals surface area contributed by atoms with Gasteiger partial charge in [0.15, 0.2) is 0 Å². The first kappa shape index (κ1) is 13.3. The molecule has 0 amide bonds. The maximum atomic E-state index is 11.5. The number of nitrogens with one attached hydrogen (secondary N) is 1. The van der Waals surface area contributed by atoms with Crippen LogP contribution in [-0.2, 0) is 10.0 Å². The molecule has 1 atom stereocenters. The molecule has 0 saturated heterocycles. The first-order valence-corrected chi connectivity index (χ1v) is 7.59. The normalized spacial score (nSPS) is 19.5. The highest BCUT2D eigenvalue weighted by atomic mass is 35.5. The Labute approximate surface area is 97.6 Å². The number of rotatable bonds is 7. The van der Waals surface area contributed by atoms with Crippen molar-refractivity contribution in [1.82, 2.24) is 4.72 Å². The maximum Gasteiger partial charge on any atom is 0.211 e. The lowest BCUT2D eigenvalue weighted by Gasteiger charge is -2.13. The highest BCUT2D eigenvalue weighted by Crippen LogP contribution is 2.29. The Hall–Kier alpha value is 0.200. The van der Waals surface area contributed by atoms with E-state index in [1.54, 1.807) is 0 Å². The van der Waals surface area contributed by atoms with Crippen LogP contribution in [0.15, 0.2) is 0 Å². The van der Waals surface area contributed by atoms with Gasteiger partial charge in [0.2, 0.25) is 10.0 Å². The molecule has 0 aromatic carbocycles. The van der Waals surface area contributed by atoms with Crippen LogP contribution in [0.2, 0.25) is 0 Å². The maximum absolute atomic E-state index is 11.5. The van der Waals surface area contributed by atoms with Gasteiger partial charge in [-0.25, -0.2) is 13.1 Å². The van der Waals surface area contributed by atoms with E-state index in [0.717, 1.165) is 19.3 Å². The van der Waals surface area contributed by atoms with Crippen molar-refractivity contribution >= 4 is 21.6 Å². The summed E-state index contributed by atoms with van der Waals surface area (Å²) in [5.74, 6) is 1.17. The fraction of sp³-hybridized carbons (Fsp3) is 1.00. The summed E-state index contributed by atoms with van der Waals surface area (Å²) < 4.78 is 25.6. The van der Waals surface area contributed by atoms with E-state index in [1.807, 2.05) is 0 Å². The summed E-state index contributed by atoms with van der Waals surface area (Å²) in [5.41, 5.74) is 0. The van der Waals surface area contributed by atoms with E-state index in [1.165, 1.54) is 0 Å². The van der Waals surface area contributed by atoms with Crippen molar-refractivity contribution in [1.29, 1.82) is 0 Å². The second-order valence-electron chi connectivity index (χ2n) is 4.80. The van der Waals surface area contributed by atoms with Gasteiger partial charge in [-0.15, -0.1) is 11.6 Å². The van der Waals surface area contributed by atoms with Gasteiger partial charge in [-0.05, 0) is 31.1 Å². The van der Waals surface area contributed by atoms with Gasteiger partial charge in [0.1, 0.15) is 0 Å². The molecule has 1 aliphatic carbocycles. The third kappa shape index (κ3) is 6.38. The molecule has 0 radical (unpaired) electrons. The average Bonchev–Trinajstić information content (AvgIpc) is 2.83. The first-order chi connectivity index (χ1) is 6.89. The van der Waals surface area contributed by atoms with E-state index in [9.17, 15) is 8.42 Å². The molecule has 3 nitrogen and oxygen atoms in total. The number of hydrogen-bond donors (Lipinski definition) is 1. The monoisotopic (exact) mass is 253 g/mol. The Kier molecular flexibility index (Phi) is 4.87. The first-order valence-electron chi connectivity index (χ1n) is 5.50. The van der Waals surface area contributed by atoms with Crippen LogP contribution in [0.5, 0.6) is 0 Å². The molecule has 0 aromatic rings. The molecule has 0 aromatic heterocycles. The zero-order chi connectivity index (χ0) is 11.5. The number of sulfonamides is 1. The van der Waals surface area contributed by atoms with E-state index in [-0.39, 0.29) is 11.1 Å². The summed E-state index contributed by atoms with van der Waals surface area (Å²) in [4.78, 5) is 0. The van der Waals surface area contributed by atoms with Crippen molar-refractivity contribution in [2.75, 3.05) is 12.3 Å². The lowest BCUT2D eigenvalue weighted by molar-refractivity contribution is 0.543. The van der Waals surface area contributed by atoms with Crippen LogP contribution in [0, 0.1) is 11.8 Å². The minimum absolute atomic E-state index is 0.0982. The van der Waals surface area contributed by atoms with Crippen LogP contribution in [0.25, 0.3) is 0 Å². The van der Waals surface area contributed by atoms with Gasteiger partial charge in [0.25, 0.3) is 0 Å². The fourth-order valence-electron chi connectivity index (χ4n) is 1.47. The van der Waals surface area contributed by atoms with Crippen LogP contribution < -0.4 is 4.72 Å². The molecule has 0 aliphatic heterocycles. The van der Waals surface area contributed by atoms with Crippen molar-refractivity contribution in [2.24, 2.45) is 11.8 Å². The fourth-order valence-corrected chi connectivity index (χ4v) is 3.52. The second kappa shape index (κ2) is 5.51. The molecule has 1 saturated carbocycles. The van der Waals surface area contributed by atoms with Gasteiger partial charge in [-0.2, -0.15) is 0 Å². The molecule has 0 spiro atoms. The minimum atomic E-state index is -3.08. The molecule has 0 heterocycles. The largest absolute Gasteiger partial charge is 0.214 e. The van der Waals surface area contributed by atoms with Crippen molar-refractivity contribution in [3.8, 4) is 0 Å². The highest BCUT2D eigenvalue weighted by molar-refractivity contribution is 7.89. The van der Waals surface area contributed by atoms with Crippen LogP contribution in [-0.4, -0.2) is 26.1 Å². The van der Waals surface area contributed by atoms with Gasteiger partial charge in [-0.3, -0.25) is 0 Å². The van der Waals surface area contributed by atoms with Crippen molar-refractivity contribution in [3.63, 3.8) is 0 Å². The predicted molar refractivity (Wildman–Crippen MR) is 63.6 cm³/mol. The topological polar surface area (TPSA) is 46.2 Å². The van der Waals surface area contributed by atoms with Gasteiger partial charge < -0.3 is 0 Å². The Morgan fingerprint density at radius 3 is 2.47 bits per heavy atom. The smallest absolute Gasteiger partial charge is 0.211 e. The lowest BCUT2D eigenvalue weighted by atomic mass is 10.1. The molecule has 15 heavy (non-hydrogen) atoms. The summed E-state index contributed by atoms with van der Waals surface area (Å²) in [6, 6.07) is 0. The number of halogens is 1. The third-order valence-corrected chi connectivity index (χ3v) is 4.25. The number of alkyl halides is 1. The molecule has 1 aliphatic rings. The molecule has 90 valence electrons. The Balaban J connectivity index is 2.22. The minimum Gasteiger partial charge on any atom is -0.214 e. The van der Waals surface area contributed by atoms with Crippen molar-refractivity contribution in [3.05, 3.63) is 0 Å². The molecule has 1 fully saturated rings.